The lowest BCUT2D eigenvalue weighted by atomic mass is 10.0. The second-order valence-electron chi connectivity index (χ2n) is 3.04. The predicted molar refractivity (Wildman–Crippen MR) is 69.4 cm³/mol. The van der Waals surface area contributed by atoms with E-state index in [1.165, 1.54) is 0 Å². The first-order valence-electron chi connectivity index (χ1n) is 5.91. The number of aliphatic imine (C=N–C) groups is 1. The second-order valence-corrected chi connectivity index (χ2v) is 3.04. The fraction of sp³-hybridized carbons (Fsp3) is 0.615. The Morgan fingerprint density at radius 2 is 1.60 bits per heavy atom. The highest BCUT2D eigenvalue weighted by Gasteiger charge is 2.28. The minimum absolute atomic E-state index is 0.366. The van der Waals surface area contributed by atoms with Crippen LogP contribution in [0.3, 0.4) is 0 Å². The molecule has 2 heteroatoms. The SMILES string of the molecule is CC.CC.CC1=NC2C=CC=CC2N1C. The van der Waals surface area contributed by atoms with E-state index in [1.807, 2.05) is 27.7 Å². The van der Waals surface area contributed by atoms with Gasteiger partial charge in [-0.25, -0.2) is 0 Å². The van der Waals surface area contributed by atoms with Gasteiger partial charge in [0.05, 0.1) is 17.9 Å². The van der Waals surface area contributed by atoms with Crippen molar-refractivity contribution in [2.45, 2.75) is 46.7 Å². The van der Waals surface area contributed by atoms with Gasteiger partial charge < -0.3 is 4.90 Å². The molecule has 0 spiro atoms. The molecular weight excluding hydrogens is 184 g/mol. The Morgan fingerprint density at radius 1 is 1.07 bits per heavy atom. The number of hydrogen-bond acceptors (Lipinski definition) is 2. The van der Waals surface area contributed by atoms with Crippen molar-refractivity contribution in [1.82, 2.24) is 4.90 Å². The molecule has 0 aromatic carbocycles. The molecule has 0 aromatic rings. The van der Waals surface area contributed by atoms with Crippen molar-refractivity contribution in [3.05, 3.63) is 24.3 Å². The number of fused-ring (bicyclic) bond motifs is 1. The summed E-state index contributed by atoms with van der Waals surface area (Å²) in [7, 11) is 2.09. The van der Waals surface area contributed by atoms with Crippen LogP contribution in [-0.2, 0) is 0 Å². The van der Waals surface area contributed by atoms with Gasteiger partial charge in [-0.15, -0.1) is 0 Å². The zero-order valence-electron chi connectivity index (χ0n) is 10.9. The smallest absolute Gasteiger partial charge is 0.0969 e. The minimum Gasteiger partial charge on any atom is -0.355 e. The quantitative estimate of drug-likeness (QED) is 0.596. The normalized spacial score (nSPS) is 25.7. The van der Waals surface area contributed by atoms with Gasteiger partial charge in [-0.2, -0.15) is 0 Å². The van der Waals surface area contributed by atoms with Crippen LogP contribution in [-0.4, -0.2) is 29.9 Å². The lowest BCUT2D eigenvalue weighted by Crippen LogP contribution is -2.34. The lowest BCUT2D eigenvalue weighted by molar-refractivity contribution is 0.435. The summed E-state index contributed by atoms with van der Waals surface area (Å²) in [6.45, 7) is 10.1. The van der Waals surface area contributed by atoms with E-state index < -0.39 is 0 Å². The first kappa shape index (κ1) is 13.9. The maximum absolute atomic E-state index is 4.50. The van der Waals surface area contributed by atoms with Crippen molar-refractivity contribution in [3.8, 4) is 0 Å². The molecule has 2 unspecified atom stereocenters. The van der Waals surface area contributed by atoms with Gasteiger partial charge in [-0.05, 0) is 6.92 Å². The summed E-state index contributed by atoms with van der Waals surface area (Å²) in [5.74, 6) is 1.14. The summed E-state index contributed by atoms with van der Waals surface area (Å²) in [5, 5.41) is 0. The van der Waals surface area contributed by atoms with Gasteiger partial charge in [0.25, 0.3) is 0 Å². The van der Waals surface area contributed by atoms with Crippen LogP contribution in [0, 0.1) is 0 Å². The maximum Gasteiger partial charge on any atom is 0.0969 e. The zero-order chi connectivity index (χ0) is 11.8. The van der Waals surface area contributed by atoms with Crippen LogP contribution in [0.2, 0.25) is 0 Å². The average Bonchev–Trinajstić information content (AvgIpc) is 2.61. The van der Waals surface area contributed by atoms with Gasteiger partial charge in [-0.3, -0.25) is 4.99 Å². The van der Waals surface area contributed by atoms with Crippen LogP contribution in [0.15, 0.2) is 29.3 Å². The largest absolute Gasteiger partial charge is 0.355 e. The summed E-state index contributed by atoms with van der Waals surface area (Å²) >= 11 is 0. The zero-order valence-corrected chi connectivity index (χ0v) is 10.9. The molecule has 1 aliphatic carbocycles. The van der Waals surface area contributed by atoms with Gasteiger partial charge in [0, 0.05) is 7.05 Å². The Kier molecular flexibility index (Phi) is 6.76. The van der Waals surface area contributed by atoms with E-state index in [0.717, 1.165) is 5.84 Å². The molecule has 0 amide bonds. The summed E-state index contributed by atoms with van der Waals surface area (Å²) in [6.07, 6.45) is 8.51. The molecular formula is C13H24N2. The second kappa shape index (κ2) is 7.27. The van der Waals surface area contributed by atoms with Gasteiger partial charge in [0.15, 0.2) is 0 Å². The average molecular weight is 208 g/mol. The molecule has 0 saturated heterocycles. The number of allylic oxidation sites excluding steroid dienone is 2. The molecule has 2 nitrogen and oxygen atoms in total. The molecule has 1 heterocycles. The molecule has 0 fully saturated rings. The topological polar surface area (TPSA) is 15.6 Å². The van der Waals surface area contributed by atoms with Gasteiger partial charge in [0.1, 0.15) is 0 Å². The molecule has 0 N–H and O–H groups in total. The number of rotatable bonds is 0. The molecule has 0 aromatic heterocycles. The first-order chi connectivity index (χ1) is 7.29. The van der Waals surface area contributed by atoms with Crippen molar-refractivity contribution in [3.63, 3.8) is 0 Å². The van der Waals surface area contributed by atoms with Gasteiger partial charge >= 0.3 is 0 Å². The minimum atomic E-state index is 0.366. The molecule has 86 valence electrons. The number of nitrogens with zero attached hydrogens (tertiary/aromatic N) is 2. The fourth-order valence-corrected chi connectivity index (χ4v) is 1.58. The molecule has 0 bridgehead atoms. The molecule has 15 heavy (non-hydrogen) atoms. The Hall–Kier alpha value is -1.05. The maximum atomic E-state index is 4.50. The number of amidine groups is 1. The van der Waals surface area contributed by atoms with E-state index in [1.54, 1.807) is 0 Å². The van der Waals surface area contributed by atoms with Crippen molar-refractivity contribution in [1.29, 1.82) is 0 Å². The molecule has 0 saturated carbocycles. The lowest BCUT2D eigenvalue weighted by Gasteiger charge is -2.22. The molecule has 2 aliphatic rings. The highest BCUT2D eigenvalue weighted by atomic mass is 15.3. The predicted octanol–water partition coefficient (Wildman–Crippen LogP) is 3.27. The Morgan fingerprint density at radius 3 is 2.13 bits per heavy atom. The van der Waals surface area contributed by atoms with Crippen molar-refractivity contribution in [2.75, 3.05) is 7.05 Å². The van der Waals surface area contributed by atoms with Crippen molar-refractivity contribution >= 4 is 5.84 Å². The number of likely N-dealkylation sites (N-methyl/N-ethyl adjacent to an activating group) is 1. The molecule has 1 aliphatic heterocycles. The third-order valence-electron chi connectivity index (χ3n) is 2.37. The van der Waals surface area contributed by atoms with E-state index in [4.69, 9.17) is 0 Å². The molecule has 0 radical (unpaired) electrons. The van der Waals surface area contributed by atoms with Crippen molar-refractivity contribution in [2.24, 2.45) is 4.99 Å². The highest BCUT2D eigenvalue weighted by Crippen LogP contribution is 2.20. The van der Waals surface area contributed by atoms with E-state index in [0.29, 0.717) is 12.1 Å². The van der Waals surface area contributed by atoms with Crippen LogP contribution in [0.1, 0.15) is 34.6 Å². The Bertz CT molecular complexity index is 251. The van der Waals surface area contributed by atoms with E-state index in [9.17, 15) is 0 Å². The fourth-order valence-electron chi connectivity index (χ4n) is 1.58. The Labute approximate surface area is 94.4 Å². The van der Waals surface area contributed by atoms with Crippen LogP contribution in [0.4, 0.5) is 0 Å². The summed E-state index contributed by atoms with van der Waals surface area (Å²) < 4.78 is 0. The van der Waals surface area contributed by atoms with E-state index >= 15 is 0 Å². The van der Waals surface area contributed by atoms with Crippen LogP contribution in [0.5, 0.6) is 0 Å². The summed E-state index contributed by atoms with van der Waals surface area (Å²) in [4.78, 5) is 6.71. The van der Waals surface area contributed by atoms with Gasteiger partial charge in [-0.1, -0.05) is 52.0 Å². The van der Waals surface area contributed by atoms with Crippen LogP contribution in [0.25, 0.3) is 0 Å². The third kappa shape index (κ3) is 3.22. The van der Waals surface area contributed by atoms with Crippen LogP contribution < -0.4 is 0 Å². The monoisotopic (exact) mass is 208 g/mol. The van der Waals surface area contributed by atoms with Crippen LogP contribution >= 0.6 is 0 Å². The molecule has 2 rings (SSSR count). The molecule has 2 atom stereocenters. The summed E-state index contributed by atoms with van der Waals surface area (Å²) in [6, 6.07) is 0.838. The van der Waals surface area contributed by atoms with Gasteiger partial charge in [0.2, 0.25) is 0 Å². The van der Waals surface area contributed by atoms with E-state index in [2.05, 4.69) is 48.2 Å². The Balaban J connectivity index is 0.000000442. The standard InChI is InChI=1S/C9H12N2.2C2H6/c1-7-10-8-5-3-4-6-9(8)11(7)2;2*1-2/h3-6,8-9H,1-2H3;2*1-2H3. The van der Waals surface area contributed by atoms with Crippen molar-refractivity contribution < 1.29 is 0 Å². The first-order valence-corrected chi connectivity index (χ1v) is 5.91. The van der Waals surface area contributed by atoms with E-state index in [-0.39, 0.29) is 0 Å². The third-order valence-corrected chi connectivity index (χ3v) is 2.37. The highest BCUT2D eigenvalue weighted by molar-refractivity contribution is 5.82. The summed E-state index contributed by atoms with van der Waals surface area (Å²) in [5.41, 5.74) is 0. The number of hydrogen-bond donors (Lipinski definition) is 0.